The standard InChI is InChI=1S/C15H30N4/c1-7-8-9-10-18(5)15-14(11-16-12(2)3)13(4)17-19(15)6/h12,16H,7-11H2,1-6H3. The molecule has 0 saturated carbocycles. The van der Waals surface area contributed by atoms with Crippen LogP contribution in [0.15, 0.2) is 0 Å². The molecular formula is C15H30N4. The van der Waals surface area contributed by atoms with Gasteiger partial charge >= 0.3 is 0 Å². The lowest BCUT2D eigenvalue weighted by Gasteiger charge is -2.21. The molecule has 0 bridgehead atoms. The van der Waals surface area contributed by atoms with E-state index in [0.717, 1.165) is 18.8 Å². The average Bonchev–Trinajstić information content (AvgIpc) is 2.61. The fourth-order valence-corrected chi connectivity index (χ4v) is 2.39. The van der Waals surface area contributed by atoms with Crippen molar-refractivity contribution in [3.8, 4) is 0 Å². The third-order valence-electron chi connectivity index (χ3n) is 3.46. The van der Waals surface area contributed by atoms with Gasteiger partial charge in [-0.2, -0.15) is 5.10 Å². The van der Waals surface area contributed by atoms with E-state index in [1.165, 1.54) is 30.6 Å². The summed E-state index contributed by atoms with van der Waals surface area (Å²) in [6.07, 6.45) is 3.80. The molecule has 0 unspecified atom stereocenters. The van der Waals surface area contributed by atoms with E-state index in [0.29, 0.717) is 6.04 Å². The van der Waals surface area contributed by atoms with Crippen LogP contribution in [0, 0.1) is 6.92 Å². The van der Waals surface area contributed by atoms with E-state index in [1.807, 2.05) is 11.7 Å². The van der Waals surface area contributed by atoms with Gasteiger partial charge in [-0.3, -0.25) is 4.68 Å². The number of nitrogens with one attached hydrogen (secondary N) is 1. The molecule has 19 heavy (non-hydrogen) atoms. The van der Waals surface area contributed by atoms with E-state index in [-0.39, 0.29) is 0 Å². The molecule has 0 radical (unpaired) electrons. The van der Waals surface area contributed by atoms with Gasteiger partial charge in [-0.05, 0) is 13.3 Å². The lowest BCUT2D eigenvalue weighted by Crippen LogP contribution is -2.26. The first-order valence-electron chi connectivity index (χ1n) is 7.44. The van der Waals surface area contributed by atoms with E-state index < -0.39 is 0 Å². The Balaban J connectivity index is 2.79. The summed E-state index contributed by atoms with van der Waals surface area (Å²) in [6, 6.07) is 0.498. The third kappa shape index (κ3) is 4.53. The Hall–Kier alpha value is -1.03. The predicted octanol–water partition coefficient (Wildman–Crippen LogP) is 2.85. The Bertz CT molecular complexity index is 382. The van der Waals surface area contributed by atoms with Gasteiger partial charge in [-0.15, -0.1) is 0 Å². The summed E-state index contributed by atoms with van der Waals surface area (Å²) < 4.78 is 2.01. The highest BCUT2D eigenvalue weighted by Gasteiger charge is 2.16. The van der Waals surface area contributed by atoms with Crippen LogP contribution in [-0.4, -0.2) is 29.4 Å². The SMILES string of the molecule is CCCCCN(C)c1c(CNC(C)C)c(C)nn1C. The van der Waals surface area contributed by atoms with Crippen molar-refractivity contribution in [2.45, 2.75) is 59.5 Å². The van der Waals surface area contributed by atoms with Gasteiger partial charge in [-0.25, -0.2) is 0 Å². The summed E-state index contributed by atoms with van der Waals surface area (Å²) >= 11 is 0. The van der Waals surface area contributed by atoms with Gasteiger partial charge in [0.2, 0.25) is 0 Å². The van der Waals surface area contributed by atoms with Crippen molar-refractivity contribution in [3.63, 3.8) is 0 Å². The van der Waals surface area contributed by atoms with Crippen molar-refractivity contribution < 1.29 is 0 Å². The smallest absolute Gasteiger partial charge is 0.131 e. The van der Waals surface area contributed by atoms with Crippen LogP contribution in [-0.2, 0) is 13.6 Å². The minimum Gasteiger partial charge on any atom is -0.360 e. The van der Waals surface area contributed by atoms with Gasteiger partial charge < -0.3 is 10.2 Å². The third-order valence-corrected chi connectivity index (χ3v) is 3.46. The summed E-state index contributed by atoms with van der Waals surface area (Å²) in [5.74, 6) is 1.25. The highest BCUT2D eigenvalue weighted by atomic mass is 15.4. The first kappa shape index (κ1) is 16.0. The summed E-state index contributed by atoms with van der Waals surface area (Å²) in [4.78, 5) is 2.34. The van der Waals surface area contributed by atoms with Gasteiger partial charge in [-0.1, -0.05) is 33.6 Å². The molecule has 0 atom stereocenters. The molecule has 4 heteroatoms. The number of hydrogen-bond acceptors (Lipinski definition) is 3. The van der Waals surface area contributed by atoms with Crippen LogP contribution in [0.25, 0.3) is 0 Å². The number of aryl methyl sites for hydroxylation is 2. The van der Waals surface area contributed by atoms with Crippen molar-refractivity contribution >= 4 is 5.82 Å². The first-order valence-corrected chi connectivity index (χ1v) is 7.44. The van der Waals surface area contributed by atoms with Gasteiger partial charge in [0, 0.05) is 38.8 Å². The van der Waals surface area contributed by atoms with Crippen LogP contribution in [0.1, 0.15) is 51.3 Å². The van der Waals surface area contributed by atoms with E-state index >= 15 is 0 Å². The molecule has 0 fully saturated rings. The molecule has 4 nitrogen and oxygen atoms in total. The number of hydrogen-bond donors (Lipinski definition) is 1. The second-order valence-electron chi connectivity index (χ2n) is 5.68. The maximum Gasteiger partial charge on any atom is 0.131 e. The van der Waals surface area contributed by atoms with E-state index in [9.17, 15) is 0 Å². The van der Waals surface area contributed by atoms with Crippen LogP contribution < -0.4 is 10.2 Å². The van der Waals surface area contributed by atoms with E-state index in [2.05, 4.69) is 50.1 Å². The number of rotatable bonds is 8. The fraction of sp³-hybridized carbons (Fsp3) is 0.800. The summed E-state index contributed by atoms with van der Waals surface area (Å²) in [7, 11) is 4.21. The van der Waals surface area contributed by atoms with Crippen LogP contribution in [0.2, 0.25) is 0 Å². The van der Waals surface area contributed by atoms with Gasteiger partial charge in [0.05, 0.1) is 5.69 Å². The minimum atomic E-state index is 0.498. The van der Waals surface area contributed by atoms with Crippen molar-refractivity contribution in [2.75, 3.05) is 18.5 Å². The highest BCUT2D eigenvalue weighted by Crippen LogP contribution is 2.22. The number of anilines is 1. The van der Waals surface area contributed by atoms with Crippen molar-refractivity contribution in [1.82, 2.24) is 15.1 Å². The Morgan fingerprint density at radius 3 is 2.58 bits per heavy atom. The zero-order valence-corrected chi connectivity index (χ0v) is 13.5. The Morgan fingerprint density at radius 2 is 2.00 bits per heavy atom. The van der Waals surface area contributed by atoms with Gasteiger partial charge in [0.15, 0.2) is 0 Å². The van der Waals surface area contributed by atoms with Crippen LogP contribution in [0.5, 0.6) is 0 Å². The molecule has 1 aromatic rings. The monoisotopic (exact) mass is 266 g/mol. The molecule has 0 spiro atoms. The molecule has 0 amide bonds. The molecule has 0 aliphatic carbocycles. The van der Waals surface area contributed by atoms with Crippen molar-refractivity contribution in [1.29, 1.82) is 0 Å². The average molecular weight is 266 g/mol. The predicted molar refractivity (Wildman–Crippen MR) is 82.7 cm³/mol. The quantitative estimate of drug-likeness (QED) is 0.735. The molecule has 1 aromatic heterocycles. The number of aromatic nitrogens is 2. The molecule has 110 valence electrons. The normalized spacial score (nSPS) is 11.3. The van der Waals surface area contributed by atoms with Gasteiger partial charge in [0.25, 0.3) is 0 Å². The van der Waals surface area contributed by atoms with Crippen LogP contribution >= 0.6 is 0 Å². The Kier molecular flexibility index (Phi) is 6.35. The first-order chi connectivity index (χ1) is 8.97. The molecule has 1 heterocycles. The molecule has 0 aliphatic heterocycles. The summed E-state index contributed by atoms with van der Waals surface area (Å²) in [5, 5.41) is 8.07. The topological polar surface area (TPSA) is 33.1 Å². The molecule has 0 aliphatic rings. The molecule has 1 rings (SSSR count). The zero-order valence-electron chi connectivity index (χ0n) is 13.5. The van der Waals surface area contributed by atoms with Crippen LogP contribution in [0.3, 0.4) is 0 Å². The molecular weight excluding hydrogens is 236 g/mol. The number of nitrogens with zero attached hydrogens (tertiary/aromatic N) is 3. The highest BCUT2D eigenvalue weighted by molar-refractivity contribution is 5.49. The lowest BCUT2D eigenvalue weighted by atomic mass is 10.2. The zero-order chi connectivity index (χ0) is 14.4. The second-order valence-corrected chi connectivity index (χ2v) is 5.68. The lowest BCUT2D eigenvalue weighted by molar-refractivity contribution is 0.586. The van der Waals surface area contributed by atoms with E-state index in [1.54, 1.807) is 0 Å². The molecule has 1 N–H and O–H groups in total. The largest absolute Gasteiger partial charge is 0.360 e. The van der Waals surface area contributed by atoms with E-state index in [4.69, 9.17) is 0 Å². The minimum absolute atomic E-state index is 0.498. The summed E-state index contributed by atoms with van der Waals surface area (Å²) in [6.45, 7) is 10.7. The van der Waals surface area contributed by atoms with Crippen molar-refractivity contribution in [2.24, 2.45) is 7.05 Å². The second kappa shape index (κ2) is 7.53. The Morgan fingerprint density at radius 1 is 1.32 bits per heavy atom. The molecule has 0 saturated heterocycles. The van der Waals surface area contributed by atoms with Crippen LogP contribution in [0.4, 0.5) is 5.82 Å². The number of unbranched alkanes of at least 4 members (excludes halogenated alkanes) is 2. The maximum absolute atomic E-state index is 4.57. The molecule has 0 aromatic carbocycles. The fourth-order valence-electron chi connectivity index (χ4n) is 2.39. The maximum atomic E-state index is 4.57. The Labute approximate surface area is 118 Å². The van der Waals surface area contributed by atoms with Gasteiger partial charge in [0.1, 0.15) is 5.82 Å². The summed E-state index contributed by atoms with van der Waals surface area (Å²) in [5.41, 5.74) is 2.46. The van der Waals surface area contributed by atoms with Crippen molar-refractivity contribution in [3.05, 3.63) is 11.3 Å².